The second-order valence-electron chi connectivity index (χ2n) is 7.16. The van der Waals surface area contributed by atoms with Crippen LogP contribution in [0.25, 0.3) is 0 Å². The first-order valence-corrected chi connectivity index (χ1v) is 9.00. The molecule has 1 aromatic carbocycles. The number of anilines is 1. The molecule has 0 spiro atoms. The Labute approximate surface area is 148 Å². The van der Waals surface area contributed by atoms with Gasteiger partial charge in [-0.3, -0.25) is 9.69 Å². The third-order valence-electron chi connectivity index (χ3n) is 5.25. The van der Waals surface area contributed by atoms with Gasteiger partial charge < -0.3 is 10.2 Å². The number of hydrogen-bond acceptors (Lipinski definition) is 4. The van der Waals surface area contributed by atoms with Crippen molar-refractivity contribution < 1.29 is 4.79 Å². The van der Waals surface area contributed by atoms with Crippen molar-refractivity contribution in [1.82, 2.24) is 19.6 Å². The van der Waals surface area contributed by atoms with E-state index in [1.165, 1.54) is 11.1 Å². The lowest BCUT2D eigenvalue weighted by molar-refractivity contribution is -0.117. The largest absolute Gasteiger partial charge is 0.310 e. The second-order valence-corrected chi connectivity index (χ2v) is 7.16. The summed E-state index contributed by atoms with van der Waals surface area (Å²) in [7, 11) is 2.15. The number of benzene rings is 1. The van der Waals surface area contributed by atoms with E-state index < -0.39 is 0 Å². The van der Waals surface area contributed by atoms with Crippen LogP contribution < -0.4 is 5.32 Å². The molecule has 1 amide bonds. The highest BCUT2D eigenvalue weighted by atomic mass is 16.2. The Balaban J connectivity index is 1.35. The van der Waals surface area contributed by atoms with Crippen LogP contribution in [-0.4, -0.2) is 52.2 Å². The van der Waals surface area contributed by atoms with Crippen molar-refractivity contribution in [2.75, 3.05) is 32.0 Å². The van der Waals surface area contributed by atoms with E-state index in [4.69, 9.17) is 0 Å². The number of carbonyl (C=O) groups is 1. The third-order valence-corrected chi connectivity index (χ3v) is 5.25. The predicted molar refractivity (Wildman–Crippen MR) is 97.2 cm³/mol. The van der Waals surface area contributed by atoms with E-state index in [1.54, 1.807) is 6.20 Å². The molecule has 2 aliphatic heterocycles. The Morgan fingerprint density at radius 2 is 1.84 bits per heavy atom. The molecule has 0 atom stereocenters. The van der Waals surface area contributed by atoms with Gasteiger partial charge in [-0.05, 0) is 44.1 Å². The van der Waals surface area contributed by atoms with Crippen LogP contribution in [-0.2, 0) is 17.9 Å². The van der Waals surface area contributed by atoms with Gasteiger partial charge in [-0.1, -0.05) is 24.3 Å². The lowest BCUT2D eigenvalue weighted by atomic mass is 10.1. The Morgan fingerprint density at radius 3 is 2.52 bits per heavy atom. The molecular formula is C19H25N5O. The summed E-state index contributed by atoms with van der Waals surface area (Å²) in [6.07, 6.45) is 3.92. The molecule has 1 aromatic heterocycles. The molecule has 3 heterocycles. The molecule has 1 saturated heterocycles. The van der Waals surface area contributed by atoms with Crippen molar-refractivity contribution in [3.63, 3.8) is 0 Å². The summed E-state index contributed by atoms with van der Waals surface area (Å²) in [5, 5.41) is 7.51. The van der Waals surface area contributed by atoms with Crippen LogP contribution in [0.2, 0.25) is 0 Å². The SMILES string of the molecule is CN1CCC(n2nccc2NC(=O)CN2Cc3ccccc3C2)CC1. The highest BCUT2D eigenvalue weighted by molar-refractivity contribution is 5.91. The molecule has 0 saturated carbocycles. The molecular weight excluding hydrogens is 314 g/mol. The minimum atomic E-state index is 0.0301. The van der Waals surface area contributed by atoms with E-state index in [-0.39, 0.29) is 5.91 Å². The summed E-state index contributed by atoms with van der Waals surface area (Å²) in [6.45, 7) is 4.25. The van der Waals surface area contributed by atoms with E-state index >= 15 is 0 Å². The number of nitrogens with zero attached hydrogens (tertiary/aromatic N) is 4. The van der Waals surface area contributed by atoms with Crippen molar-refractivity contribution in [3.8, 4) is 0 Å². The Bertz CT molecular complexity index is 723. The molecule has 132 valence electrons. The number of likely N-dealkylation sites (tertiary alicyclic amines) is 1. The van der Waals surface area contributed by atoms with E-state index in [9.17, 15) is 4.79 Å². The number of piperidine rings is 1. The first-order valence-electron chi connectivity index (χ1n) is 9.00. The third kappa shape index (κ3) is 3.60. The summed E-state index contributed by atoms with van der Waals surface area (Å²) in [6, 6.07) is 10.7. The Kier molecular flexibility index (Phi) is 4.55. The fourth-order valence-corrected chi connectivity index (χ4v) is 3.84. The summed E-state index contributed by atoms with van der Waals surface area (Å²) in [5.74, 6) is 0.846. The molecule has 1 fully saturated rings. The normalized spacial score (nSPS) is 19.1. The molecule has 2 aliphatic rings. The van der Waals surface area contributed by atoms with Crippen molar-refractivity contribution in [2.45, 2.75) is 32.0 Å². The first kappa shape index (κ1) is 16.3. The number of aromatic nitrogens is 2. The standard InChI is InChI=1S/C19H25N5O/c1-22-10-7-17(8-11-22)24-18(6-9-20-24)21-19(25)14-23-12-15-4-2-3-5-16(15)13-23/h2-6,9,17H,7-8,10-14H2,1H3,(H,21,25). The first-order chi connectivity index (χ1) is 12.2. The van der Waals surface area contributed by atoms with E-state index in [0.29, 0.717) is 12.6 Å². The van der Waals surface area contributed by atoms with Crippen LogP contribution in [0.5, 0.6) is 0 Å². The summed E-state index contributed by atoms with van der Waals surface area (Å²) >= 11 is 0. The summed E-state index contributed by atoms with van der Waals surface area (Å²) in [5.41, 5.74) is 2.65. The predicted octanol–water partition coefficient (Wildman–Crippen LogP) is 2.10. The molecule has 0 aliphatic carbocycles. The zero-order valence-corrected chi connectivity index (χ0v) is 14.7. The lowest BCUT2D eigenvalue weighted by Crippen LogP contribution is -2.33. The van der Waals surface area contributed by atoms with Gasteiger partial charge in [0.1, 0.15) is 5.82 Å². The summed E-state index contributed by atoms with van der Waals surface area (Å²) < 4.78 is 1.99. The van der Waals surface area contributed by atoms with Crippen molar-refractivity contribution in [1.29, 1.82) is 0 Å². The van der Waals surface area contributed by atoms with E-state index in [1.807, 2.05) is 10.7 Å². The monoisotopic (exact) mass is 339 g/mol. The minimum Gasteiger partial charge on any atom is -0.310 e. The van der Waals surface area contributed by atoms with Crippen molar-refractivity contribution >= 4 is 11.7 Å². The summed E-state index contributed by atoms with van der Waals surface area (Å²) in [4.78, 5) is 17.0. The fraction of sp³-hybridized carbons (Fsp3) is 0.474. The molecule has 4 rings (SSSR count). The van der Waals surface area contributed by atoms with Crippen LogP contribution in [0, 0.1) is 0 Å². The van der Waals surface area contributed by atoms with Crippen LogP contribution in [0.15, 0.2) is 36.5 Å². The van der Waals surface area contributed by atoms with Gasteiger partial charge >= 0.3 is 0 Å². The van der Waals surface area contributed by atoms with Gasteiger partial charge in [0.25, 0.3) is 0 Å². The smallest absolute Gasteiger partial charge is 0.239 e. The molecule has 6 nitrogen and oxygen atoms in total. The van der Waals surface area contributed by atoms with Gasteiger partial charge in [-0.15, -0.1) is 0 Å². The van der Waals surface area contributed by atoms with Gasteiger partial charge in [0, 0.05) is 19.2 Å². The van der Waals surface area contributed by atoms with Crippen LogP contribution in [0.4, 0.5) is 5.82 Å². The zero-order chi connectivity index (χ0) is 17.2. The molecule has 25 heavy (non-hydrogen) atoms. The number of fused-ring (bicyclic) bond motifs is 1. The second kappa shape index (κ2) is 6.98. The van der Waals surface area contributed by atoms with Crippen LogP contribution in [0.1, 0.15) is 30.0 Å². The number of amides is 1. The average molecular weight is 339 g/mol. The van der Waals surface area contributed by atoms with Gasteiger partial charge in [-0.2, -0.15) is 5.10 Å². The molecule has 1 N–H and O–H groups in total. The highest BCUT2D eigenvalue weighted by Crippen LogP contribution is 2.25. The van der Waals surface area contributed by atoms with E-state index in [0.717, 1.165) is 44.8 Å². The Morgan fingerprint density at radius 1 is 1.16 bits per heavy atom. The molecule has 0 radical (unpaired) electrons. The van der Waals surface area contributed by atoms with Gasteiger partial charge in [-0.25, -0.2) is 4.68 Å². The zero-order valence-electron chi connectivity index (χ0n) is 14.7. The van der Waals surface area contributed by atoms with E-state index in [2.05, 4.69) is 51.5 Å². The van der Waals surface area contributed by atoms with Crippen LogP contribution in [0.3, 0.4) is 0 Å². The maximum Gasteiger partial charge on any atom is 0.239 e. The molecule has 0 unspecified atom stereocenters. The van der Waals surface area contributed by atoms with Gasteiger partial charge in [0.05, 0.1) is 18.8 Å². The maximum absolute atomic E-state index is 12.5. The van der Waals surface area contributed by atoms with Crippen molar-refractivity contribution in [2.24, 2.45) is 0 Å². The van der Waals surface area contributed by atoms with Gasteiger partial charge in [0.15, 0.2) is 0 Å². The molecule has 2 aromatic rings. The van der Waals surface area contributed by atoms with Gasteiger partial charge in [0.2, 0.25) is 5.91 Å². The maximum atomic E-state index is 12.5. The number of rotatable bonds is 4. The minimum absolute atomic E-state index is 0.0301. The van der Waals surface area contributed by atoms with Crippen LogP contribution >= 0.6 is 0 Å². The molecule has 0 bridgehead atoms. The highest BCUT2D eigenvalue weighted by Gasteiger charge is 2.23. The Hall–Kier alpha value is -2.18. The lowest BCUT2D eigenvalue weighted by Gasteiger charge is -2.30. The fourth-order valence-electron chi connectivity index (χ4n) is 3.84. The quantitative estimate of drug-likeness (QED) is 0.927. The van der Waals surface area contributed by atoms with Crippen molar-refractivity contribution in [3.05, 3.63) is 47.7 Å². The number of hydrogen-bond donors (Lipinski definition) is 1. The molecule has 6 heteroatoms. The number of nitrogens with one attached hydrogen (secondary N) is 1. The number of carbonyl (C=O) groups excluding carboxylic acids is 1. The topological polar surface area (TPSA) is 53.4 Å². The average Bonchev–Trinajstić information content (AvgIpc) is 3.21.